The van der Waals surface area contributed by atoms with Crippen LogP contribution >= 0.6 is 0 Å². The Morgan fingerprint density at radius 2 is 1.94 bits per heavy atom. The number of nitrogens with zero attached hydrogens (tertiary/aromatic N) is 3. The van der Waals surface area contributed by atoms with Crippen molar-refractivity contribution in [3.05, 3.63) is 41.2 Å². The molecule has 1 fully saturated rings. The summed E-state index contributed by atoms with van der Waals surface area (Å²) in [5.74, 6) is 0.958. The molecule has 0 aliphatic carbocycles. The van der Waals surface area contributed by atoms with Crippen molar-refractivity contribution in [2.75, 3.05) is 37.6 Å². The van der Waals surface area contributed by atoms with E-state index in [9.17, 15) is 18.0 Å². The van der Waals surface area contributed by atoms with Crippen LogP contribution in [0.25, 0.3) is 6.08 Å². The Kier molecular flexibility index (Phi) is 6.15. The van der Waals surface area contributed by atoms with Crippen molar-refractivity contribution in [2.45, 2.75) is 25.8 Å². The number of sulfone groups is 1. The van der Waals surface area contributed by atoms with Crippen LogP contribution in [-0.4, -0.2) is 67.2 Å². The minimum atomic E-state index is -3.10. The number of methoxy groups -OCH3 is 2. The van der Waals surface area contributed by atoms with Gasteiger partial charge in [0.2, 0.25) is 11.8 Å². The molecule has 33 heavy (non-hydrogen) atoms. The molecule has 0 spiro atoms. The molecule has 0 radical (unpaired) electrons. The fraction of sp³-hybridized carbons (Fsp3) is 0.409. The molecule has 10 nitrogen and oxygen atoms in total. The highest BCUT2D eigenvalue weighted by Gasteiger charge is 2.31. The maximum Gasteiger partial charge on any atom is 0.245 e. The van der Waals surface area contributed by atoms with Gasteiger partial charge in [-0.1, -0.05) is 0 Å². The van der Waals surface area contributed by atoms with Gasteiger partial charge in [0.15, 0.2) is 21.3 Å². The van der Waals surface area contributed by atoms with Gasteiger partial charge in [0.25, 0.3) is 0 Å². The summed E-state index contributed by atoms with van der Waals surface area (Å²) >= 11 is 0. The van der Waals surface area contributed by atoms with Gasteiger partial charge in [-0.25, -0.2) is 13.1 Å². The second kappa shape index (κ2) is 8.89. The Labute approximate surface area is 192 Å². The first-order chi connectivity index (χ1) is 15.7. The first kappa shape index (κ1) is 22.8. The van der Waals surface area contributed by atoms with E-state index in [0.717, 1.165) is 11.1 Å². The summed E-state index contributed by atoms with van der Waals surface area (Å²) in [4.78, 5) is 26.9. The lowest BCUT2D eigenvalue weighted by Gasteiger charge is -2.18. The Hall–Kier alpha value is -3.34. The lowest BCUT2D eigenvalue weighted by Crippen LogP contribution is -2.35. The lowest BCUT2D eigenvalue weighted by molar-refractivity contribution is -0.131. The van der Waals surface area contributed by atoms with Crippen LogP contribution in [0.4, 0.5) is 5.82 Å². The number of carbonyl (C=O) groups is 2. The molecular weight excluding hydrogens is 448 g/mol. The van der Waals surface area contributed by atoms with Crippen LogP contribution < -0.4 is 14.8 Å². The number of hydrogen-bond donors (Lipinski definition) is 1. The molecule has 2 aliphatic rings. The molecular formula is C22H26N4O6S. The van der Waals surface area contributed by atoms with Crippen molar-refractivity contribution in [1.29, 1.82) is 0 Å². The number of aryl methyl sites for hydroxylation is 1. The largest absolute Gasteiger partial charge is 0.493 e. The van der Waals surface area contributed by atoms with Gasteiger partial charge in [-0.2, -0.15) is 5.10 Å². The van der Waals surface area contributed by atoms with E-state index in [1.54, 1.807) is 49.2 Å². The molecule has 11 heteroatoms. The van der Waals surface area contributed by atoms with Crippen molar-refractivity contribution < 1.29 is 27.5 Å². The van der Waals surface area contributed by atoms with E-state index >= 15 is 0 Å². The number of anilines is 1. The van der Waals surface area contributed by atoms with Crippen molar-refractivity contribution in [3.63, 3.8) is 0 Å². The molecule has 1 N–H and O–H groups in total. The molecule has 0 bridgehead atoms. The number of carbonyl (C=O) groups excluding carboxylic acids is 2. The van der Waals surface area contributed by atoms with Gasteiger partial charge >= 0.3 is 0 Å². The normalized spacial score (nSPS) is 19.2. The van der Waals surface area contributed by atoms with Crippen molar-refractivity contribution in [1.82, 2.24) is 14.7 Å². The Balaban J connectivity index is 1.48. The second-order valence-electron chi connectivity index (χ2n) is 8.14. The maximum atomic E-state index is 12.8. The van der Waals surface area contributed by atoms with Crippen LogP contribution in [0.1, 0.15) is 29.3 Å². The van der Waals surface area contributed by atoms with Crippen LogP contribution in [0.3, 0.4) is 0 Å². The zero-order chi connectivity index (χ0) is 23.8. The SMILES string of the molecule is COc1cc2c(cc1OC)CC(=O)N(CC(=O)Nc1cc(C)nn1[C@H]1CCS(=O)(=O)C1)C=C2. The molecule has 2 aliphatic heterocycles. The van der Waals surface area contributed by atoms with E-state index < -0.39 is 15.7 Å². The maximum absolute atomic E-state index is 12.8. The summed E-state index contributed by atoms with van der Waals surface area (Å²) in [5, 5.41) is 7.15. The third-order valence-electron chi connectivity index (χ3n) is 5.74. The summed E-state index contributed by atoms with van der Waals surface area (Å²) in [5.41, 5.74) is 2.24. The van der Waals surface area contributed by atoms with Crippen LogP contribution in [-0.2, 0) is 25.8 Å². The van der Waals surface area contributed by atoms with Gasteiger partial charge in [-0.15, -0.1) is 0 Å². The van der Waals surface area contributed by atoms with Crippen molar-refractivity contribution in [2.24, 2.45) is 0 Å². The van der Waals surface area contributed by atoms with Gasteiger partial charge in [-0.3, -0.25) is 9.59 Å². The fourth-order valence-electron chi connectivity index (χ4n) is 4.10. The summed E-state index contributed by atoms with van der Waals surface area (Å²) in [6, 6.07) is 4.92. The summed E-state index contributed by atoms with van der Waals surface area (Å²) < 4.78 is 35.9. The smallest absolute Gasteiger partial charge is 0.245 e. The monoisotopic (exact) mass is 474 g/mol. The Morgan fingerprint density at radius 3 is 2.61 bits per heavy atom. The first-order valence-corrected chi connectivity index (χ1v) is 12.3. The molecule has 1 saturated heterocycles. The minimum Gasteiger partial charge on any atom is -0.493 e. The molecule has 0 unspecified atom stereocenters. The zero-order valence-corrected chi connectivity index (χ0v) is 19.5. The number of aromatic nitrogens is 2. The van der Waals surface area contributed by atoms with Crippen LogP contribution in [0.5, 0.6) is 11.5 Å². The summed E-state index contributed by atoms with van der Waals surface area (Å²) in [7, 11) is -0.0314. The topological polar surface area (TPSA) is 120 Å². The standard InChI is InChI=1S/C22H26N4O6S/c1-14-8-20(26(24-14)17-5-7-33(29,30)13-17)23-21(27)12-25-6-4-15-9-18(31-2)19(32-3)10-16(15)11-22(25)28/h4,6,8-10,17H,5,7,11-13H2,1-3H3,(H,23,27)/t17-/m0/s1. The number of ether oxygens (including phenoxy) is 2. The average Bonchev–Trinajstić information content (AvgIpc) is 3.27. The molecule has 0 saturated carbocycles. The van der Waals surface area contributed by atoms with Crippen LogP contribution in [0, 0.1) is 6.92 Å². The minimum absolute atomic E-state index is 0.00444. The molecule has 1 aromatic heterocycles. The first-order valence-electron chi connectivity index (χ1n) is 10.5. The van der Waals surface area contributed by atoms with Gasteiger partial charge in [0.1, 0.15) is 12.4 Å². The Bertz CT molecular complexity index is 1230. The highest BCUT2D eigenvalue weighted by Crippen LogP contribution is 2.33. The van der Waals surface area contributed by atoms with E-state index in [-0.39, 0.29) is 36.4 Å². The van der Waals surface area contributed by atoms with Gasteiger partial charge in [0.05, 0.1) is 43.9 Å². The molecule has 176 valence electrons. The number of hydrogen-bond acceptors (Lipinski definition) is 7. The molecule has 3 heterocycles. The third-order valence-corrected chi connectivity index (χ3v) is 7.49. The number of benzene rings is 1. The van der Waals surface area contributed by atoms with Crippen LogP contribution in [0.15, 0.2) is 24.4 Å². The number of nitrogens with one attached hydrogen (secondary N) is 1. The van der Waals surface area contributed by atoms with Gasteiger partial charge < -0.3 is 19.7 Å². The summed E-state index contributed by atoms with van der Waals surface area (Å²) in [6.07, 6.45) is 3.89. The van der Waals surface area contributed by atoms with E-state index in [2.05, 4.69) is 10.4 Å². The number of rotatable bonds is 6. The molecule has 1 atom stereocenters. The van der Waals surface area contributed by atoms with Crippen LogP contribution in [0.2, 0.25) is 0 Å². The highest BCUT2D eigenvalue weighted by molar-refractivity contribution is 7.91. The van der Waals surface area contributed by atoms with Gasteiger partial charge in [-0.05, 0) is 42.7 Å². The van der Waals surface area contributed by atoms with E-state index in [0.29, 0.717) is 29.4 Å². The van der Waals surface area contributed by atoms with Crippen molar-refractivity contribution >= 4 is 33.5 Å². The van der Waals surface area contributed by atoms with E-state index in [4.69, 9.17) is 9.47 Å². The predicted octanol–water partition coefficient (Wildman–Crippen LogP) is 1.56. The molecule has 2 aromatic rings. The number of fused-ring (bicyclic) bond motifs is 1. The summed E-state index contributed by atoms with van der Waals surface area (Å²) in [6.45, 7) is 1.58. The third kappa shape index (κ3) is 4.87. The number of amides is 2. The van der Waals surface area contributed by atoms with E-state index in [1.807, 2.05) is 0 Å². The molecule has 1 aromatic carbocycles. The predicted molar refractivity (Wildman–Crippen MR) is 122 cm³/mol. The molecule has 4 rings (SSSR count). The fourth-order valence-corrected chi connectivity index (χ4v) is 5.79. The lowest BCUT2D eigenvalue weighted by atomic mass is 10.0. The van der Waals surface area contributed by atoms with Gasteiger partial charge in [0, 0.05) is 12.3 Å². The highest BCUT2D eigenvalue weighted by atomic mass is 32.2. The second-order valence-corrected chi connectivity index (χ2v) is 10.4. The zero-order valence-electron chi connectivity index (χ0n) is 18.7. The van der Waals surface area contributed by atoms with E-state index in [1.165, 1.54) is 12.0 Å². The quantitative estimate of drug-likeness (QED) is 0.675. The van der Waals surface area contributed by atoms with Crippen molar-refractivity contribution in [3.8, 4) is 11.5 Å². The Morgan fingerprint density at radius 1 is 1.21 bits per heavy atom. The average molecular weight is 475 g/mol. The molecule has 2 amide bonds.